The number of H-pyrrole nitrogens is 1. The lowest BCUT2D eigenvalue weighted by molar-refractivity contribution is -0.139. The highest BCUT2D eigenvalue weighted by atomic mass is 35.5. The first kappa shape index (κ1) is 30.0. The molecule has 15 heteroatoms. The van der Waals surface area contributed by atoms with Crippen LogP contribution in [-0.4, -0.2) is 53.9 Å². The summed E-state index contributed by atoms with van der Waals surface area (Å²) in [5.74, 6) is 0.121. The number of hydrogen-bond donors (Lipinski definition) is 2. The molecule has 5 aromatic rings. The summed E-state index contributed by atoms with van der Waals surface area (Å²) in [5.41, 5.74) is 2.58. The smallest absolute Gasteiger partial charge is 0.421 e. The van der Waals surface area contributed by atoms with Crippen molar-refractivity contribution in [3.8, 4) is 17.3 Å². The van der Waals surface area contributed by atoms with Gasteiger partial charge in [0.1, 0.15) is 23.8 Å². The number of rotatable bonds is 8. The second-order valence-corrected chi connectivity index (χ2v) is 11.9. The Kier molecular flexibility index (Phi) is 7.92. The van der Waals surface area contributed by atoms with E-state index in [1.807, 2.05) is 18.2 Å². The molecule has 9 nitrogen and oxygen atoms in total. The largest absolute Gasteiger partial charge is 0.472 e. The average Bonchev–Trinajstić information content (AvgIpc) is 3.55. The Morgan fingerprint density at radius 1 is 1.11 bits per heavy atom. The lowest BCUT2D eigenvalue weighted by Gasteiger charge is -2.30. The molecule has 1 saturated heterocycles. The molecule has 45 heavy (non-hydrogen) atoms. The van der Waals surface area contributed by atoms with Crippen molar-refractivity contribution in [3.63, 3.8) is 0 Å². The van der Waals surface area contributed by atoms with Gasteiger partial charge in [0.2, 0.25) is 5.88 Å². The van der Waals surface area contributed by atoms with Gasteiger partial charge in [-0.15, -0.1) is 22.8 Å². The van der Waals surface area contributed by atoms with Crippen LogP contribution in [0.3, 0.4) is 0 Å². The number of benzene rings is 2. The van der Waals surface area contributed by atoms with Crippen LogP contribution >= 0.6 is 24.2 Å². The highest BCUT2D eigenvalue weighted by Crippen LogP contribution is 2.38. The SMILES string of the molecule is Fc1cc(Cl)ccc1COc1nc2c(cc1C(F)(F)F)CCN(Cc1nc3cc(-c4nnc(S)[nH]4)ccc3n1C[C@@H]1CCO1)C2. The van der Waals surface area contributed by atoms with E-state index in [1.165, 1.54) is 12.1 Å². The van der Waals surface area contributed by atoms with Crippen molar-refractivity contribution in [3.05, 3.63) is 81.5 Å². The first-order valence-corrected chi connectivity index (χ1v) is 15.0. The summed E-state index contributed by atoms with van der Waals surface area (Å²) in [4.78, 5) is 14.4. The molecule has 2 aliphatic heterocycles. The van der Waals surface area contributed by atoms with Crippen LogP contribution in [0, 0.1) is 5.82 Å². The summed E-state index contributed by atoms with van der Waals surface area (Å²) in [6.45, 7) is 2.16. The Hall–Kier alpha value is -3.72. The minimum atomic E-state index is -4.69. The molecule has 234 valence electrons. The molecule has 0 radical (unpaired) electrons. The number of nitrogens with zero attached hydrogens (tertiary/aromatic N) is 6. The maximum absolute atomic E-state index is 14.3. The first-order valence-electron chi connectivity index (χ1n) is 14.2. The fourth-order valence-electron chi connectivity index (χ4n) is 5.60. The molecule has 1 N–H and O–H groups in total. The minimum absolute atomic E-state index is 0.0699. The highest BCUT2D eigenvalue weighted by molar-refractivity contribution is 7.80. The number of imidazole rings is 1. The maximum Gasteiger partial charge on any atom is 0.421 e. The molecule has 0 spiro atoms. The summed E-state index contributed by atoms with van der Waals surface area (Å²) in [5, 5.41) is 8.62. The van der Waals surface area contributed by atoms with Gasteiger partial charge in [-0.1, -0.05) is 17.7 Å². The minimum Gasteiger partial charge on any atom is -0.472 e. The van der Waals surface area contributed by atoms with Gasteiger partial charge in [-0.3, -0.25) is 4.90 Å². The normalized spacial score (nSPS) is 17.0. The third-order valence-electron chi connectivity index (χ3n) is 8.03. The van der Waals surface area contributed by atoms with Crippen LogP contribution in [0.15, 0.2) is 47.6 Å². The van der Waals surface area contributed by atoms with Crippen molar-refractivity contribution in [1.82, 2.24) is 34.6 Å². The molecule has 1 atom stereocenters. The lowest BCUT2D eigenvalue weighted by Crippen LogP contribution is -2.34. The van der Waals surface area contributed by atoms with Gasteiger partial charge in [0.25, 0.3) is 0 Å². The van der Waals surface area contributed by atoms with Crippen molar-refractivity contribution in [2.75, 3.05) is 13.2 Å². The van der Waals surface area contributed by atoms with Crippen LogP contribution in [0.1, 0.15) is 34.6 Å². The predicted octanol–water partition coefficient (Wildman–Crippen LogP) is 6.24. The predicted molar refractivity (Wildman–Crippen MR) is 160 cm³/mol. The van der Waals surface area contributed by atoms with E-state index in [0.717, 1.165) is 47.6 Å². The van der Waals surface area contributed by atoms with Crippen LogP contribution < -0.4 is 4.74 Å². The van der Waals surface area contributed by atoms with Gasteiger partial charge in [0.05, 0.1) is 35.9 Å². The number of ether oxygens (including phenoxy) is 2. The Balaban J connectivity index is 1.16. The number of pyridine rings is 1. The topological polar surface area (TPSA) is 94.0 Å². The number of nitrogens with one attached hydrogen (secondary N) is 1. The number of alkyl halides is 3. The molecule has 1 fully saturated rings. The van der Waals surface area contributed by atoms with Gasteiger partial charge < -0.3 is 19.0 Å². The van der Waals surface area contributed by atoms with E-state index < -0.39 is 30.0 Å². The number of thiol groups is 1. The zero-order valence-electron chi connectivity index (χ0n) is 23.6. The van der Waals surface area contributed by atoms with Crippen molar-refractivity contribution >= 4 is 35.3 Å². The fourth-order valence-corrected chi connectivity index (χ4v) is 5.91. The van der Waals surface area contributed by atoms with Crippen molar-refractivity contribution < 1.29 is 27.0 Å². The molecule has 2 aliphatic rings. The number of aromatic amines is 1. The van der Waals surface area contributed by atoms with Crippen molar-refractivity contribution in [2.45, 2.75) is 56.5 Å². The summed E-state index contributed by atoms with van der Waals surface area (Å²) in [6, 6.07) is 10.9. The van der Waals surface area contributed by atoms with E-state index in [1.54, 1.807) is 0 Å². The molecule has 2 aromatic carbocycles. The molecule has 3 aromatic heterocycles. The van der Waals surface area contributed by atoms with Crippen LogP contribution in [0.2, 0.25) is 5.02 Å². The molecule has 5 heterocycles. The molecular weight excluding hydrogens is 634 g/mol. The Morgan fingerprint density at radius 3 is 2.67 bits per heavy atom. The molecule has 0 saturated carbocycles. The van der Waals surface area contributed by atoms with Gasteiger partial charge >= 0.3 is 6.18 Å². The number of aromatic nitrogens is 6. The van der Waals surface area contributed by atoms with Gasteiger partial charge in [-0.25, -0.2) is 14.4 Å². The monoisotopic (exact) mass is 659 g/mol. The average molecular weight is 660 g/mol. The molecule has 0 aliphatic carbocycles. The highest BCUT2D eigenvalue weighted by Gasteiger charge is 2.37. The fraction of sp³-hybridized carbons (Fsp3) is 0.333. The van der Waals surface area contributed by atoms with Gasteiger partial charge in [-0.05, 0) is 54.8 Å². The van der Waals surface area contributed by atoms with Crippen molar-refractivity contribution in [1.29, 1.82) is 0 Å². The van der Waals surface area contributed by atoms with Crippen LogP contribution in [0.5, 0.6) is 5.88 Å². The number of hydrogen-bond acceptors (Lipinski definition) is 8. The Morgan fingerprint density at radius 2 is 1.96 bits per heavy atom. The molecule has 7 rings (SSSR count). The zero-order valence-corrected chi connectivity index (χ0v) is 25.3. The van der Waals surface area contributed by atoms with Crippen LogP contribution in [-0.2, 0) is 43.6 Å². The standard InChI is InChI=1S/C30H26ClF4N7O2S/c31-19-3-1-18(22(32)11-19)15-44-28-21(30(33,34)35)9-16-5-7-41(13-24(16)37-28)14-26-36-23-10-17(27-38-29(45)40-39-27)2-4-25(23)42(26)12-20-6-8-43-20/h1-4,9-11,20H,5-8,12-15H2,(H2,38,39,40,45)/t20-/m0/s1. The second kappa shape index (κ2) is 11.9. The Bertz CT molecular complexity index is 1890. The third-order valence-corrected chi connectivity index (χ3v) is 8.47. The molecule has 0 bridgehead atoms. The summed E-state index contributed by atoms with van der Waals surface area (Å²) in [7, 11) is 0. The second-order valence-electron chi connectivity index (χ2n) is 11.1. The van der Waals surface area contributed by atoms with E-state index in [-0.39, 0.29) is 23.2 Å². The van der Waals surface area contributed by atoms with Crippen LogP contribution in [0.25, 0.3) is 22.4 Å². The van der Waals surface area contributed by atoms with Gasteiger partial charge in [0, 0.05) is 35.8 Å². The zero-order chi connectivity index (χ0) is 31.3. The summed E-state index contributed by atoms with van der Waals surface area (Å²) >= 11 is 10.0. The maximum atomic E-state index is 14.3. The lowest BCUT2D eigenvalue weighted by atomic mass is 10.0. The van der Waals surface area contributed by atoms with E-state index in [9.17, 15) is 17.6 Å². The van der Waals surface area contributed by atoms with E-state index in [0.29, 0.717) is 48.3 Å². The van der Waals surface area contributed by atoms with Gasteiger partial charge in [0.15, 0.2) is 11.0 Å². The Labute approximate surface area is 265 Å². The quantitative estimate of drug-likeness (QED) is 0.150. The number of halogens is 5. The van der Waals surface area contributed by atoms with Crippen molar-refractivity contribution in [2.24, 2.45) is 0 Å². The molecule has 0 unspecified atom stereocenters. The van der Waals surface area contributed by atoms with E-state index >= 15 is 0 Å². The van der Waals surface area contributed by atoms with Crippen LogP contribution in [0.4, 0.5) is 17.6 Å². The van der Waals surface area contributed by atoms with Gasteiger partial charge in [-0.2, -0.15) is 13.2 Å². The third kappa shape index (κ3) is 6.24. The summed E-state index contributed by atoms with van der Waals surface area (Å²) in [6.07, 6.45) is -3.30. The van der Waals surface area contributed by atoms with E-state index in [4.69, 9.17) is 26.1 Å². The first-order chi connectivity index (χ1) is 21.6. The number of fused-ring (bicyclic) bond motifs is 2. The summed E-state index contributed by atoms with van der Waals surface area (Å²) < 4.78 is 69.7. The molecule has 0 amide bonds. The molecular formula is C30H26ClF4N7O2S. The van der Waals surface area contributed by atoms with E-state index in [2.05, 4.69) is 42.3 Å².